The molecule has 1 atom stereocenters. The van der Waals surface area contributed by atoms with E-state index in [1.165, 1.54) is 15.5 Å². The number of carbonyl (C=O) groups is 2. The Morgan fingerprint density at radius 1 is 1.14 bits per heavy atom. The zero-order valence-corrected chi connectivity index (χ0v) is 14.9. The third-order valence-electron chi connectivity index (χ3n) is 4.25. The lowest BCUT2D eigenvalue weighted by atomic mass is 10.3. The summed E-state index contributed by atoms with van der Waals surface area (Å²) in [6.45, 7) is 0.882. The summed E-state index contributed by atoms with van der Waals surface area (Å²) < 4.78 is 65.3. The number of benzene rings is 1. The van der Waals surface area contributed by atoms with Crippen molar-refractivity contribution < 1.29 is 31.5 Å². The van der Waals surface area contributed by atoms with Crippen molar-refractivity contribution in [2.24, 2.45) is 0 Å². The predicted molar refractivity (Wildman–Crippen MR) is 88.8 cm³/mol. The molecule has 0 unspecified atom stereocenters. The van der Waals surface area contributed by atoms with Crippen LogP contribution in [0.2, 0.25) is 0 Å². The molecule has 0 bridgehead atoms. The van der Waals surface area contributed by atoms with E-state index in [1.54, 1.807) is 5.32 Å². The van der Waals surface area contributed by atoms with Crippen LogP contribution in [-0.4, -0.2) is 50.4 Å². The zero-order valence-electron chi connectivity index (χ0n) is 14.9. The minimum Gasteiger partial charge on any atom is -0.338 e. The highest BCUT2D eigenvalue weighted by molar-refractivity contribution is 5.91. The molecule has 1 aromatic carbocycles. The van der Waals surface area contributed by atoms with Crippen molar-refractivity contribution in [1.82, 2.24) is 25.0 Å². The number of urea groups is 1. The van der Waals surface area contributed by atoms with Crippen LogP contribution in [0.4, 0.5) is 32.4 Å². The fourth-order valence-electron chi connectivity index (χ4n) is 2.62. The number of aromatic nitrogens is 3. The molecule has 0 spiro atoms. The van der Waals surface area contributed by atoms with Gasteiger partial charge in [0.1, 0.15) is 6.04 Å². The van der Waals surface area contributed by atoms with Crippen LogP contribution in [-0.2, 0) is 13.1 Å². The van der Waals surface area contributed by atoms with E-state index < -0.39 is 35.8 Å². The Labute approximate surface area is 160 Å². The second kappa shape index (κ2) is 7.64. The fourth-order valence-corrected chi connectivity index (χ4v) is 2.62. The van der Waals surface area contributed by atoms with Crippen molar-refractivity contribution in [2.45, 2.75) is 32.2 Å². The lowest BCUT2D eigenvalue weighted by Crippen LogP contribution is -2.45. The van der Waals surface area contributed by atoms with Crippen molar-refractivity contribution in [3.05, 3.63) is 41.5 Å². The summed E-state index contributed by atoms with van der Waals surface area (Å²) in [5, 5.41) is 11.6. The van der Waals surface area contributed by atoms with Gasteiger partial charge >= 0.3 is 12.2 Å². The van der Waals surface area contributed by atoms with Gasteiger partial charge < -0.3 is 20.1 Å². The van der Waals surface area contributed by atoms with Crippen molar-refractivity contribution >= 4 is 17.6 Å². The third-order valence-corrected chi connectivity index (χ3v) is 4.25. The van der Waals surface area contributed by atoms with E-state index in [0.717, 1.165) is 19.1 Å². The molecule has 29 heavy (non-hydrogen) atoms. The standard InChI is InChI=1S/C16H15F5N6O2/c1-8(16(19,20)21)22-14(28)13-25-24-12-7-26(4-5-27(12)13)15(29)23-9-2-3-10(17)11(18)6-9/h2-3,6,8H,4-5,7H2,1H3,(H,22,28)(H,23,29)/t8-/m1/s1. The normalized spacial score (nSPS) is 14.9. The molecule has 2 heterocycles. The molecule has 156 valence electrons. The monoisotopic (exact) mass is 418 g/mol. The largest absolute Gasteiger partial charge is 0.408 e. The van der Waals surface area contributed by atoms with Gasteiger partial charge in [-0.3, -0.25) is 4.79 Å². The van der Waals surface area contributed by atoms with Gasteiger partial charge in [-0.1, -0.05) is 0 Å². The van der Waals surface area contributed by atoms with E-state index >= 15 is 0 Å². The topological polar surface area (TPSA) is 92.2 Å². The summed E-state index contributed by atoms with van der Waals surface area (Å²) >= 11 is 0. The van der Waals surface area contributed by atoms with Gasteiger partial charge in [0.25, 0.3) is 5.91 Å². The van der Waals surface area contributed by atoms with Crippen LogP contribution in [0.1, 0.15) is 23.4 Å². The molecule has 1 aliphatic heterocycles. The van der Waals surface area contributed by atoms with Crippen LogP contribution in [0.25, 0.3) is 0 Å². The van der Waals surface area contributed by atoms with E-state index in [2.05, 4.69) is 15.5 Å². The first-order valence-electron chi connectivity index (χ1n) is 8.37. The maximum absolute atomic E-state index is 13.2. The van der Waals surface area contributed by atoms with E-state index in [0.29, 0.717) is 0 Å². The molecule has 0 aliphatic carbocycles. The summed E-state index contributed by atoms with van der Waals surface area (Å²) in [5.74, 6) is -3.31. The van der Waals surface area contributed by atoms with E-state index in [9.17, 15) is 31.5 Å². The molecule has 0 radical (unpaired) electrons. The zero-order chi connectivity index (χ0) is 21.3. The molecular formula is C16H15F5N6O2. The van der Waals surface area contributed by atoms with Gasteiger partial charge in [-0.25, -0.2) is 13.6 Å². The minimum atomic E-state index is -4.60. The van der Waals surface area contributed by atoms with Gasteiger partial charge in [-0.15, -0.1) is 10.2 Å². The molecule has 0 fully saturated rings. The number of nitrogens with one attached hydrogen (secondary N) is 2. The summed E-state index contributed by atoms with van der Waals surface area (Å²) in [6.07, 6.45) is -4.60. The quantitative estimate of drug-likeness (QED) is 0.749. The van der Waals surface area contributed by atoms with Crippen molar-refractivity contribution in [2.75, 3.05) is 11.9 Å². The average Bonchev–Trinajstić information content (AvgIpc) is 3.07. The van der Waals surface area contributed by atoms with Crippen LogP contribution < -0.4 is 10.6 Å². The molecule has 2 N–H and O–H groups in total. The Morgan fingerprint density at radius 2 is 1.86 bits per heavy atom. The molecular weight excluding hydrogens is 403 g/mol. The number of alkyl halides is 3. The first-order chi connectivity index (χ1) is 13.6. The molecule has 3 amide bonds. The predicted octanol–water partition coefficient (Wildman–Crippen LogP) is 2.28. The highest BCUT2D eigenvalue weighted by Crippen LogP contribution is 2.20. The number of halogens is 5. The number of carbonyl (C=O) groups excluding carboxylic acids is 2. The molecule has 3 rings (SSSR count). The number of fused-ring (bicyclic) bond motifs is 1. The van der Waals surface area contributed by atoms with Gasteiger partial charge in [-0.2, -0.15) is 13.2 Å². The molecule has 1 aromatic heterocycles. The smallest absolute Gasteiger partial charge is 0.338 e. The van der Waals surface area contributed by atoms with Crippen LogP contribution in [0.15, 0.2) is 18.2 Å². The fraction of sp³-hybridized carbons (Fsp3) is 0.375. The van der Waals surface area contributed by atoms with Gasteiger partial charge in [0.05, 0.1) is 6.54 Å². The second-order valence-corrected chi connectivity index (χ2v) is 6.31. The maximum Gasteiger partial charge on any atom is 0.408 e. The van der Waals surface area contributed by atoms with Crippen molar-refractivity contribution in [1.29, 1.82) is 0 Å². The van der Waals surface area contributed by atoms with E-state index in [-0.39, 0.29) is 37.0 Å². The molecule has 0 saturated carbocycles. The van der Waals surface area contributed by atoms with E-state index in [4.69, 9.17) is 0 Å². The Morgan fingerprint density at radius 3 is 2.52 bits per heavy atom. The number of hydrogen-bond acceptors (Lipinski definition) is 4. The van der Waals surface area contributed by atoms with Crippen molar-refractivity contribution in [3.63, 3.8) is 0 Å². The first-order valence-corrected chi connectivity index (χ1v) is 8.37. The van der Waals surface area contributed by atoms with Crippen LogP contribution >= 0.6 is 0 Å². The molecule has 1 aliphatic rings. The van der Waals surface area contributed by atoms with Gasteiger partial charge in [-0.05, 0) is 19.1 Å². The van der Waals surface area contributed by atoms with Crippen LogP contribution in [0.5, 0.6) is 0 Å². The van der Waals surface area contributed by atoms with Gasteiger partial charge in [0.2, 0.25) is 5.82 Å². The van der Waals surface area contributed by atoms with Gasteiger partial charge in [0, 0.05) is 24.8 Å². The summed E-state index contributed by atoms with van der Waals surface area (Å²) in [7, 11) is 0. The molecule has 0 saturated heterocycles. The summed E-state index contributed by atoms with van der Waals surface area (Å²) in [6, 6.07) is 0.188. The number of hydrogen-bond donors (Lipinski definition) is 2. The number of nitrogens with zero attached hydrogens (tertiary/aromatic N) is 4. The average molecular weight is 418 g/mol. The van der Waals surface area contributed by atoms with Gasteiger partial charge in [0.15, 0.2) is 17.5 Å². The van der Waals surface area contributed by atoms with Crippen LogP contribution in [0, 0.1) is 11.6 Å². The Hall–Kier alpha value is -3.25. The second-order valence-electron chi connectivity index (χ2n) is 6.31. The first kappa shape index (κ1) is 20.5. The number of rotatable bonds is 3. The van der Waals surface area contributed by atoms with E-state index in [1.807, 2.05) is 0 Å². The lowest BCUT2D eigenvalue weighted by Gasteiger charge is -2.28. The lowest BCUT2D eigenvalue weighted by molar-refractivity contribution is -0.149. The Kier molecular flexibility index (Phi) is 5.40. The SMILES string of the molecule is C[C@@H](NC(=O)c1nnc2n1CCN(C(=O)Nc1ccc(F)c(F)c1)C2)C(F)(F)F. The highest BCUT2D eigenvalue weighted by Gasteiger charge is 2.38. The summed E-state index contributed by atoms with van der Waals surface area (Å²) in [4.78, 5) is 25.6. The number of anilines is 1. The molecule has 13 heteroatoms. The third kappa shape index (κ3) is 4.43. The number of amides is 3. The Balaban J connectivity index is 1.66. The minimum absolute atomic E-state index is 0.0437. The highest BCUT2D eigenvalue weighted by atomic mass is 19.4. The molecule has 2 aromatic rings. The summed E-state index contributed by atoms with van der Waals surface area (Å²) in [5.41, 5.74) is 0.0437. The van der Waals surface area contributed by atoms with Crippen LogP contribution in [0.3, 0.4) is 0 Å². The Bertz CT molecular complexity index is 944. The maximum atomic E-state index is 13.2. The molecule has 8 nitrogen and oxygen atoms in total. The van der Waals surface area contributed by atoms with Crippen molar-refractivity contribution in [3.8, 4) is 0 Å².